The molecule has 2 heterocycles. The Bertz CT molecular complexity index is 1000. The first-order chi connectivity index (χ1) is 12.5. The molecule has 10 heteroatoms. The number of halogens is 1. The zero-order valence-corrected chi connectivity index (χ0v) is 15.6. The number of thioether (sulfide) groups is 1. The van der Waals surface area contributed by atoms with Crippen LogP contribution < -0.4 is 15.6 Å². The number of fused-ring (bicyclic) bond motifs is 1. The van der Waals surface area contributed by atoms with E-state index in [2.05, 4.69) is 25.3 Å². The zero-order valence-electron chi connectivity index (χ0n) is 14.0. The number of carbonyl (C=O) groups excluding carboxylic acids is 1. The number of ether oxygens (including phenoxy) is 1. The molecule has 0 saturated carbocycles. The van der Waals surface area contributed by atoms with Gasteiger partial charge in [-0.05, 0) is 24.6 Å². The van der Waals surface area contributed by atoms with E-state index in [0.29, 0.717) is 39.2 Å². The summed E-state index contributed by atoms with van der Waals surface area (Å²) in [5, 5.41) is 3.10. The van der Waals surface area contributed by atoms with Crippen LogP contribution in [0.15, 0.2) is 34.5 Å². The van der Waals surface area contributed by atoms with Crippen LogP contribution >= 0.6 is 23.4 Å². The van der Waals surface area contributed by atoms with Gasteiger partial charge in [0.2, 0.25) is 5.91 Å². The van der Waals surface area contributed by atoms with E-state index >= 15 is 0 Å². The van der Waals surface area contributed by atoms with Crippen LogP contribution in [0.3, 0.4) is 0 Å². The summed E-state index contributed by atoms with van der Waals surface area (Å²) >= 11 is 7.25. The van der Waals surface area contributed by atoms with E-state index < -0.39 is 5.25 Å². The Morgan fingerprint density at radius 2 is 2.27 bits per heavy atom. The molecule has 3 aromatic rings. The Hall–Kier alpha value is -2.52. The number of aromatic amines is 2. The third kappa shape index (κ3) is 3.83. The average Bonchev–Trinajstić information content (AvgIpc) is 3.09. The highest BCUT2D eigenvalue weighted by atomic mass is 35.5. The molecule has 0 saturated heterocycles. The van der Waals surface area contributed by atoms with Crippen molar-refractivity contribution >= 4 is 46.1 Å². The number of hydrogen-bond acceptors (Lipinski definition) is 6. The molecule has 2 aromatic heterocycles. The Morgan fingerprint density at radius 1 is 1.46 bits per heavy atom. The quantitative estimate of drug-likeness (QED) is 0.438. The Morgan fingerprint density at radius 3 is 2.96 bits per heavy atom. The van der Waals surface area contributed by atoms with Gasteiger partial charge in [-0.3, -0.25) is 14.6 Å². The van der Waals surface area contributed by atoms with E-state index in [1.807, 2.05) is 6.92 Å². The number of imidazole rings is 1. The molecule has 1 aromatic carbocycles. The van der Waals surface area contributed by atoms with Gasteiger partial charge in [0.25, 0.3) is 5.56 Å². The highest BCUT2D eigenvalue weighted by Gasteiger charge is 2.20. The van der Waals surface area contributed by atoms with E-state index in [4.69, 9.17) is 16.3 Å². The van der Waals surface area contributed by atoms with Crippen LogP contribution in [-0.2, 0) is 4.79 Å². The summed E-state index contributed by atoms with van der Waals surface area (Å²) in [6, 6.07) is 5.00. The predicted molar refractivity (Wildman–Crippen MR) is 101 cm³/mol. The van der Waals surface area contributed by atoms with Crippen molar-refractivity contribution in [3.05, 3.63) is 39.9 Å². The molecule has 3 rings (SSSR count). The van der Waals surface area contributed by atoms with Crippen molar-refractivity contribution < 1.29 is 9.53 Å². The van der Waals surface area contributed by atoms with E-state index in [-0.39, 0.29) is 11.5 Å². The maximum Gasteiger partial charge on any atom is 0.277 e. The van der Waals surface area contributed by atoms with Crippen molar-refractivity contribution in [2.24, 2.45) is 0 Å². The number of hydrogen-bond donors (Lipinski definition) is 3. The third-order valence-corrected chi connectivity index (χ3v) is 5.15. The highest BCUT2D eigenvalue weighted by molar-refractivity contribution is 8.00. The predicted octanol–water partition coefficient (Wildman–Crippen LogP) is 2.82. The monoisotopic (exact) mass is 393 g/mol. The smallest absolute Gasteiger partial charge is 0.277 e. The summed E-state index contributed by atoms with van der Waals surface area (Å²) < 4.78 is 5.09. The fraction of sp³-hybridized carbons (Fsp3) is 0.250. The minimum atomic E-state index is -0.449. The maximum absolute atomic E-state index is 12.6. The number of nitrogens with zero attached hydrogens (tertiary/aromatic N) is 2. The molecule has 0 aliphatic heterocycles. The van der Waals surface area contributed by atoms with Gasteiger partial charge >= 0.3 is 0 Å². The lowest BCUT2D eigenvalue weighted by Crippen LogP contribution is -2.25. The number of H-pyrrole nitrogens is 2. The normalized spacial score (nSPS) is 12.1. The molecule has 1 unspecified atom stereocenters. The van der Waals surface area contributed by atoms with E-state index in [1.54, 1.807) is 18.2 Å². The lowest BCUT2D eigenvalue weighted by Gasteiger charge is -2.14. The van der Waals surface area contributed by atoms with Gasteiger partial charge in [-0.25, -0.2) is 9.97 Å². The summed E-state index contributed by atoms with van der Waals surface area (Å²) in [5.41, 5.74) is 0.851. The molecule has 1 amide bonds. The minimum Gasteiger partial charge on any atom is -0.495 e. The van der Waals surface area contributed by atoms with Gasteiger partial charge in [0.1, 0.15) is 5.75 Å². The van der Waals surface area contributed by atoms with Gasteiger partial charge in [0.15, 0.2) is 16.3 Å². The number of aromatic nitrogens is 4. The number of rotatable bonds is 6. The minimum absolute atomic E-state index is 0.219. The van der Waals surface area contributed by atoms with Crippen LogP contribution in [0.5, 0.6) is 5.75 Å². The van der Waals surface area contributed by atoms with Crippen molar-refractivity contribution in [1.29, 1.82) is 0 Å². The lowest BCUT2D eigenvalue weighted by molar-refractivity contribution is -0.115. The molecule has 3 N–H and O–H groups in total. The van der Waals surface area contributed by atoms with Gasteiger partial charge in [-0.15, -0.1) is 0 Å². The summed E-state index contributed by atoms with van der Waals surface area (Å²) in [7, 11) is 1.52. The lowest BCUT2D eigenvalue weighted by atomic mass is 10.2. The fourth-order valence-corrected chi connectivity index (χ4v) is 3.45. The van der Waals surface area contributed by atoms with Gasteiger partial charge in [0, 0.05) is 5.69 Å². The molecule has 0 aliphatic rings. The summed E-state index contributed by atoms with van der Waals surface area (Å²) in [4.78, 5) is 38.2. The third-order valence-electron chi connectivity index (χ3n) is 3.61. The van der Waals surface area contributed by atoms with Crippen LogP contribution in [-0.4, -0.2) is 38.2 Å². The molecule has 8 nitrogen and oxygen atoms in total. The molecule has 0 radical (unpaired) electrons. The van der Waals surface area contributed by atoms with Crippen molar-refractivity contribution in [2.75, 3.05) is 12.4 Å². The van der Waals surface area contributed by atoms with Crippen molar-refractivity contribution in [2.45, 2.75) is 23.8 Å². The van der Waals surface area contributed by atoms with Crippen LogP contribution in [0.1, 0.15) is 13.3 Å². The number of amides is 1. The SMILES string of the molecule is CCC(Sc1nc2nc[nH]c2c(=O)[nH]1)C(=O)Nc1ccc(OC)c(Cl)c1. The van der Waals surface area contributed by atoms with Gasteiger partial charge < -0.3 is 15.0 Å². The molecule has 1 atom stereocenters. The molecule has 0 bridgehead atoms. The Labute approximate surface area is 157 Å². The van der Waals surface area contributed by atoms with E-state index in [9.17, 15) is 9.59 Å². The van der Waals surface area contributed by atoms with Crippen molar-refractivity contribution in [3.63, 3.8) is 0 Å². The number of carbonyl (C=O) groups is 1. The molecule has 26 heavy (non-hydrogen) atoms. The number of methoxy groups -OCH3 is 1. The zero-order chi connectivity index (χ0) is 18.7. The van der Waals surface area contributed by atoms with Crippen LogP contribution in [0, 0.1) is 0 Å². The topological polar surface area (TPSA) is 113 Å². The highest BCUT2D eigenvalue weighted by Crippen LogP contribution is 2.28. The summed E-state index contributed by atoms with van der Waals surface area (Å²) in [6.45, 7) is 1.88. The largest absolute Gasteiger partial charge is 0.495 e. The maximum atomic E-state index is 12.6. The summed E-state index contributed by atoms with van der Waals surface area (Å²) in [6.07, 6.45) is 1.95. The first kappa shape index (κ1) is 18.3. The second-order valence-electron chi connectivity index (χ2n) is 5.33. The number of anilines is 1. The molecule has 0 aliphatic carbocycles. The van der Waals surface area contributed by atoms with E-state index in [1.165, 1.54) is 25.2 Å². The molecule has 0 spiro atoms. The number of benzene rings is 1. The van der Waals surface area contributed by atoms with Crippen molar-refractivity contribution in [1.82, 2.24) is 19.9 Å². The second-order valence-corrected chi connectivity index (χ2v) is 6.92. The first-order valence-corrected chi connectivity index (χ1v) is 9.02. The van der Waals surface area contributed by atoms with Gasteiger partial charge in [0.05, 0.1) is 23.7 Å². The number of nitrogens with one attached hydrogen (secondary N) is 3. The average molecular weight is 394 g/mol. The molecular formula is C16H16ClN5O3S. The molecular weight excluding hydrogens is 378 g/mol. The van der Waals surface area contributed by atoms with Crippen LogP contribution in [0.25, 0.3) is 11.2 Å². The standard InChI is InChI=1S/C16H16ClN5O3S/c1-3-11(14(23)20-8-4-5-10(25-2)9(17)6-8)26-16-21-13-12(15(24)22-16)18-7-19-13/h4-7,11H,3H2,1-2H3,(H,20,23)(H2,18,19,21,22,24). The van der Waals surface area contributed by atoms with Crippen LogP contribution in [0.2, 0.25) is 5.02 Å². The second kappa shape index (κ2) is 7.79. The van der Waals surface area contributed by atoms with E-state index in [0.717, 1.165) is 0 Å². The summed E-state index contributed by atoms with van der Waals surface area (Å²) in [5.74, 6) is 0.309. The van der Waals surface area contributed by atoms with Crippen molar-refractivity contribution in [3.8, 4) is 5.75 Å². The Kier molecular flexibility index (Phi) is 5.48. The first-order valence-electron chi connectivity index (χ1n) is 7.76. The fourth-order valence-electron chi connectivity index (χ4n) is 2.30. The van der Waals surface area contributed by atoms with Crippen LogP contribution in [0.4, 0.5) is 5.69 Å². The van der Waals surface area contributed by atoms with Gasteiger partial charge in [-0.2, -0.15) is 0 Å². The molecule has 136 valence electrons. The molecule has 0 fully saturated rings. The Balaban J connectivity index is 1.76. The van der Waals surface area contributed by atoms with Gasteiger partial charge in [-0.1, -0.05) is 30.3 Å².